The van der Waals surface area contributed by atoms with Gasteiger partial charge in [0.2, 0.25) is 0 Å². The monoisotopic (exact) mass is 167 g/mol. The van der Waals surface area contributed by atoms with Gasteiger partial charge in [-0.3, -0.25) is 15.8 Å². The van der Waals surface area contributed by atoms with Crippen LogP contribution in [0.2, 0.25) is 0 Å². The minimum absolute atomic E-state index is 0.776. The maximum Gasteiger partial charge on any atom is 0.139 e. The zero-order chi connectivity index (χ0) is 8.97. The molecule has 12 heavy (non-hydrogen) atoms. The van der Waals surface area contributed by atoms with Gasteiger partial charge in [0.1, 0.15) is 5.84 Å². The number of hydrazine groups is 3. The minimum Gasteiger partial charge on any atom is -0.287 e. The summed E-state index contributed by atoms with van der Waals surface area (Å²) in [4.78, 5) is 4.00. The van der Waals surface area contributed by atoms with Gasteiger partial charge < -0.3 is 0 Å². The summed E-state index contributed by atoms with van der Waals surface area (Å²) in [5.74, 6) is 0.776. The topological polar surface area (TPSA) is 51.7 Å². The quantitative estimate of drug-likeness (QED) is 0.521. The van der Waals surface area contributed by atoms with Crippen molar-refractivity contribution in [1.29, 1.82) is 0 Å². The molecule has 0 aromatic heterocycles. The molecule has 3 N–H and O–H groups in total. The van der Waals surface area contributed by atoms with E-state index < -0.39 is 0 Å². The van der Waals surface area contributed by atoms with Crippen molar-refractivity contribution in [3.63, 3.8) is 0 Å². The second-order valence-electron chi connectivity index (χ2n) is 2.20. The van der Waals surface area contributed by atoms with E-state index in [4.69, 9.17) is 0 Å². The molecule has 66 valence electrons. The van der Waals surface area contributed by atoms with Crippen molar-refractivity contribution >= 4 is 5.84 Å². The van der Waals surface area contributed by atoms with Crippen molar-refractivity contribution < 1.29 is 0 Å². The van der Waals surface area contributed by atoms with Crippen LogP contribution in [0.5, 0.6) is 0 Å². The maximum atomic E-state index is 4.00. The fourth-order valence-corrected chi connectivity index (χ4v) is 0.814. The molecule has 1 rings (SSSR count). The van der Waals surface area contributed by atoms with E-state index in [0.29, 0.717) is 0 Å². The Morgan fingerprint density at radius 2 is 2.42 bits per heavy atom. The molecule has 0 radical (unpaired) electrons. The van der Waals surface area contributed by atoms with Gasteiger partial charge in [0.05, 0.1) is 5.70 Å². The van der Waals surface area contributed by atoms with Gasteiger partial charge in [0, 0.05) is 20.2 Å². The number of nitrogens with one attached hydrogen (secondary N) is 3. The van der Waals surface area contributed by atoms with Gasteiger partial charge in [-0.15, -0.1) is 0 Å². The van der Waals surface area contributed by atoms with E-state index >= 15 is 0 Å². The van der Waals surface area contributed by atoms with E-state index in [2.05, 4.69) is 27.8 Å². The van der Waals surface area contributed by atoms with Gasteiger partial charge >= 0.3 is 0 Å². The lowest BCUT2D eigenvalue weighted by Crippen LogP contribution is -2.58. The van der Waals surface area contributed by atoms with E-state index in [0.717, 1.165) is 11.5 Å². The van der Waals surface area contributed by atoms with Crippen molar-refractivity contribution in [3.05, 3.63) is 24.4 Å². The Hall–Kier alpha value is -1.33. The van der Waals surface area contributed by atoms with Crippen LogP contribution in [0.3, 0.4) is 0 Å². The van der Waals surface area contributed by atoms with Crippen molar-refractivity contribution in [3.8, 4) is 0 Å². The van der Waals surface area contributed by atoms with Crippen LogP contribution in [0.15, 0.2) is 29.4 Å². The SMILES string of the molecule is C=CC1=CC(=NC)NN(NC)N1. The van der Waals surface area contributed by atoms with Crippen molar-refractivity contribution in [1.82, 2.24) is 21.5 Å². The summed E-state index contributed by atoms with van der Waals surface area (Å²) in [6.07, 6.45) is 3.58. The van der Waals surface area contributed by atoms with E-state index in [1.165, 1.54) is 0 Å². The summed E-state index contributed by atoms with van der Waals surface area (Å²) in [6.45, 7) is 3.65. The Kier molecular flexibility index (Phi) is 2.84. The second-order valence-corrected chi connectivity index (χ2v) is 2.20. The van der Waals surface area contributed by atoms with Crippen molar-refractivity contribution in [2.24, 2.45) is 4.99 Å². The van der Waals surface area contributed by atoms with Gasteiger partial charge in [-0.25, -0.2) is 5.43 Å². The molecule has 1 aliphatic heterocycles. The summed E-state index contributed by atoms with van der Waals surface area (Å²) in [5, 5.41) is 1.60. The molecule has 0 aliphatic carbocycles. The molecular weight excluding hydrogens is 154 g/mol. The molecule has 5 nitrogen and oxygen atoms in total. The lowest BCUT2D eigenvalue weighted by atomic mass is 10.3. The molecule has 0 amide bonds. The Bertz CT molecular complexity index is 230. The van der Waals surface area contributed by atoms with Crippen molar-refractivity contribution in [2.45, 2.75) is 0 Å². The molecule has 0 unspecified atom stereocenters. The Morgan fingerprint density at radius 1 is 1.67 bits per heavy atom. The fourth-order valence-electron chi connectivity index (χ4n) is 0.814. The lowest BCUT2D eigenvalue weighted by molar-refractivity contribution is 0.110. The van der Waals surface area contributed by atoms with Crippen LogP contribution in [0, 0.1) is 0 Å². The number of rotatable bonds is 2. The molecule has 0 spiro atoms. The molecular formula is C7H13N5. The van der Waals surface area contributed by atoms with E-state index in [1.54, 1.807) is 25.4 Å². The first-order valence-electron chi connectivity index (χ1n) is 3.62. The van der Waals surface area contributed by atoms with E-state index in [-0.39, 0.29) is 0 Å². The Labute approximate surface area is 71.8 Å². The molecule has 0 aromatic carbocycles. The zero-order valence-electron chi connectivity index (χ0n) is 7.26. The summed E-state index contributed by atoms with van der Waals surface area (Å²) in [7, 11) is 3.51. The number of nitrogens with zero attached hydrogens (tertiary/aromatic N) is 2. The van der Waals surface area contributed by atoms with Crippen LogP contribution in [0.4, 0.5) is 0 Å². The largest absolute Gasteiger partial charge is 0.287 e. The number of aliphatic imine (C=N–C) groups is 1. The van der Waals surface area contributed by atoms with Crippen LogP contribution in [-0.2, 0) is 0 Å². The number of amidine groups is 1. The Balaban J connectivity index is 2.77. The number of hydrogen-bond acceptors (Lipinski definition) is 4. The first kappa shape index (κ1) is 8.76. The molecule has 0 saturated carbocycles. The molecule has 0 fully saturated rings. The number of allylic oxidation sites excluding steroid dienone is 1. The van der Waals surface area contributed by atoms with Gasteiger partial charge in [-0.2, -0.15) is 0 Å². The average Bonchev–Trinajstić information content (AvgIpc) is 2.16. The van der Waals surface area contributed by atoms with Crippen LogP contribution >= 0.6 is 0 Å². The van der Waals surface area contributed by atoms with Gasteiger partial charge in [0.25, 0.3) is 0 Å². The van der Waals surface area contributed by atoms with Gasteiger partial charge in [-0.1, -0.05) is 11.8 Å². The predicted molar refractivity (Wildman–Crippen MR) is 48.8 cm³/mol. The summed E-state index contributed by atoms with van der Waals surface area (Å²) >= 11 is 0. The predicted octanol–water partition coefficient (Wildman–Crippen LogP) is -0.456. The van der Waals surface area contributed by atoms with E-state index in [9.17, 15) is 0 Å². The molecule has 0 aromatic rings. The standard InChI is InChI=1S/C7H13N5/c1-4-6-5-7(8-2)11-12(9-3)10-6/h4-5,9-10H,1H2,2-3H3,(H,8,11). The maximum absolute atomic E-state index is 4.00. The first-order chi connectivity index (χ1) is 5.80. The third-order valence-corrected chi connectivity index (χ3v) is 1.44. The Morgan fingerprint density at radius 3 is 2.92 bits per heavy atom. The van der Waals surface area contributed by atoms with Crippen LogP contribution in [0.1, 0.15) is 0 Å². The smallest absolute Gasteiger partial charge is 0.139 e. The zero-order valence-corrected chi connectivity index (χ0v) is 7.26. The van der Waals surface area contributed by atoms with Gasteiger partial charge in [0.15, 0.2) is 0 Å². The number of hydrogen-bond donors (Lipinski definition) is 3. The van der Waals surface area contributed by atoms with E-state index in [1.807, 2.05) is 6.08 Å². The molecule has 0 saturated heterocycles. The highest BCUT2D eigenvalue weighted by atomic mass is 15.9. The lowest BCUT2D eigenvalue weighted by Gasteiger charge is -2.28. The minimum atomic E-state index is 0.776. The molecule has 1 aliphatic rings. The average molecular weight is 167 g/mol. The highest BCUT2D eigenvalue weighted by molar-refractivity contribution is 5.93. The molecule has 0 atom stereocenters. The van der Waals surface area contributed by atoms with Crippen LogP contribution < -0.4 is 16.3 Å². The van der Waals surface area contributed by atoms with Crippen molar-refractivity contribution in [2.75, 3.05) is 14.1 Å². The third-order valence-electron chi connectivity index (χ3n) is 1.44. The summed E-state index contributed by atoms with van der Waals surface area (Å²) < 4.78 is 0. The summed E-state index contributed by atoms with van der Waals surface area (Å²) in [6, 6.07) is 0. The highest BCUT2D eigenvalue weighted by Gasteiger charge is 2.09. The summed E-state index contributed by atoms with van der Waals surface area (Å²) in [5.41, 5.74) is 9.71. The molecule has 1 heterocycles. The molecule has 0 bridgehead atoms. The van der Waals surface area contributed by atoms with Crippen LogP contribution in [-0.4, -0.2) is 25.2 Å². The fraction of sp³-hybridized carbons (Fsp3) is 0.286. The van der Waals surface area contributed by atoms with Gasteiger partial charge in [-0.05, 0) is 6.08 Å². The third kappa shape index (κ3) is 1.84. The first-order valence-corrected chi connectivity index (χ1v) is 3.62. The second kappa shape index (κ2) is 3.89. The normalized spacial score (nSPS) is 21.2. The van der Waals surface area contributed by atoms with Crippen LogP contribution in [0.25, 0.3) is 0 Å². The molecule has 5 heteroatoms. The highest BCUT2D eigenvalue weighted by Crippen LogP contribution is 1.96.